The summed E-state index contributed by atoms with van der Waals surface area (Å²) in [6, 6.07) is 4.95. The Morgan fingerprint density at radius 3 is 2.83 bits per heavy atom. The van der Waals surface area contributed by atoms with Crippen LogP contribution in [0.3, 0.4) is 0 Å². The number of pyridine rings is 1. The molecule has 124 valence electrons. The summed E-state index contributed by atoms with van der Waals surface area (Å²) in [5.74, 6) is 0.692. The molecule has 0 bridgehead atoms. The fourth-order valence-electron chi connectivity index (χ4n) is 3.15. The molecular weight excluding hydrogens is 300 g/mol. The van der Waals surface area contributed by atoms with Crippen molar-refractivity contribution >= 4 is 16.9 Å². The molecule has 0 N–H and O–H groups in total. The Morgan fingerprint density at radius 2 is 2.13 bits per heavy atom. The van der Waals surface area contributed by atoms with E-state index in [0.717, 1.165) is 25.9 Å². The number of carbonyl (C=O) groups is 1. The first-order chi connectivity index (χ1) is 11.1. The molecule has 1 saturated heterocycles. The monoisotopic (exact) mass is 321 g/mol. The Balaban J connectivity index is 1.73. The zero-order chi connectivity index (χ0) is 16.4. The highest BCUT2D eigenvalue weighted by Gasteiger charge is 2.22. The van der Waals surface area contributed by atoms with Crippen molar-refractivity contribution in [1.82, 2.24) is 14.5 Å². The summed E-state index contributed by atoms with van der Waals surface area (Å²) < 4.78 is 28.0. The molecule has 2 aromatic heterocycles. The van der Waals surface area contributed by atoms with Gasteiger partial charge < -0.3 is 9.47 Å². The number of hydrogen-bond acceptors (Lipinski definition) is 2. The van der Waals surface area contributed by atoms with Crippen molar-refractivity contribution < 1.29 is 13.6 Å². The van der Waals surface area contributed by atoms with Crippen molar-refractivity contribution in [2.45, 2.75) is 39.2 Å². The van der Waals surface area contributed by atoms with Gasteiger partial charge in [-0.15, -0.1) is 0 Å². The number of nitrogens with zero attached hydrogens (tertiary/aromatic N) is 3. The molecule has 0 aliphatic carbocycles. The van der Waals surface area contributed by atoms with E-state index in [-0.39, 0.29) is 24.6 Å². The predicted molar refractivity (Wildman–Crippen MR) is 84.3 cm³/mol. The highest BCUT2D eigenvalue weighted by atomic mass is 19.3. The van der Waals surface area contributed by atoms with E-state index in [1.54, 1.807) is 18.3 Å². The van der Waals surface area contributed by atoms with Crippen LogP contribution in [0, 0.1) is 5.92 Å². The molecule has 0 atom stereocenters. The van der Waals surface area contributed by atoms with E-state index in [2.05, 4.69) is 11.9 Å². The standard InChI is InChI=1S/C17H21F2N3O/c1-12-4-8-21(9-5-12)15(23)6-10-22-14(16(18)19)11-13-3-2-7-20-17(13)22/h2-3,7,11-12,16H,4-6,8-10H2,1H3. The number of piperidine rings is 1. The summed E-state index contributed by atoms with van der Waals surface area (Å²) in [4.78, 5) is 18.4. The maximum Gasteiger partial charge on any atom is 0.278 e. The van der Waals surface area contributed by atoms with Gasteiger partial charge in [0.2, 0.25) is 5.91 Å². The number of halogens is 2. The quantitative estimate of drug-likeness (QED) is 0.862. The van der Waals surface area contributed by atoms with Crippen LogP contribution in [0.25, 0.3) is 11.0 Å². The van der Waals surface area contributed by atoms with Crippen LogP contribution in [0.5, 0.6) is 0 Å². The van der Waals surface area contributed by atoms with E-state index in [1.165, 1.54) is 10.6 Å². The average Bonchev–Trinajstić information content (AvgIpc) is 2.92. The number of likely N-dealkylation sites (tertiary alicyclic amines) is 1. The molecule has 3 rings (SSSR count). The number of rotatable bonds is 4. The van der Waals surface area contributed by atoms with Gasteiger partial charge in [0.1, 0.15) is 5.65 Å². The third-order valence-corrected chi connectivity index (χ3v) is 4.60. The van der Waals surface area contributed by atoms with Crippen molar-refractivity contribution in [2.24, 2.45) is 5.92 Å². The SMILES string of the molecule is CC1CCN(C(=O)CCn2c(C(F)F)cc3cccnc32)CC1. The Bertz CT molecular complexity index is 690. The zero-order valence-electron chi connectivity index (χ0n) is 13.2. The first-order valence-corrected chi connectivity index (χ1v) is 8.06. The average molecular weight is 321 g/mol. The first-order valence-electron chi connectivity index (χ1n) is 8.06. The smallest absolute Gasteiger partial charge is 0.278 e. The molecule has 6 heteroatoms. The van der Waals surface area contributed by atoms with E-state index < -0.39 is 6.43 Å². The number of amides is 1. The second-order valence-electron chi connectivity index (χ2n) is 6.25. The minimum atomic E-state index is -2.57. The van der Waals surface area contributed by atoms with Crippen LogP contribution in [0.2, 0.25) is 0 Å². The van der Waals surface area contributed by atoms with Gasteiger partial charge >= 0.3 is 0 Å². The lowest BCUT2D eigenvalue weighted by Crippen LogP contribution is -2.38. The Hall–Kier alpha value is -1.98. The number of carbonyl (C=O) groups excluding carboxylic acids is 1. The van der Waals surface area contributed by atoms with E-state index in [0.29, 0.717) is 17.0 Å². The van der Waals surface area contributed by atoms with Crippen molar-refractivity contribution in [2.75, 3.05) is 13.1 Å². The molecule has 0 spiro atoms. The molecule has 0 unspecified atom stereocenters. The molecule has 1 amide bonds. The Kier molecular flexibility index (Phi) is 4.59. The molecule has 0 saturated carbocycles. The predicted octanol–water partition coefficient (Wildman–Crippen LogP) is 3.62. The fraction of sp³-hybridized carbons (Fsp3) is 0.529. The fourth-order valence-corrected chi connectivity index (χ4v) is 3.15. The van der Waals surface area contributed by atoms with Crippen LogP contribution in [-0.2, 0) is 11.3 Å². The van der Waals surface area contributed by atoms with Gasteiger partial charge in [-0.25, -0.2) is 13.8 Å². The van der Waals surface area contributed by atoms with Crippen LogP contribution < -0.4 is 0 Å². The second kappa shape index (κ2) is 6.64. The number of hydrogen-bond donors (Lipinski definition) is 0. The maximum absolute atomic E-state index is 13.2. The molecule has 1 aliphatic rings. The lowest BCUT2D eigenvalue weighted by molar-refractivity contribution is -0.132. The van der Waals surface area contributed by atoms with Crippen molar-refractivity contribution in [1.29, 1.82) is 0 Å². The van der Waals surface area contributed by atoms with E-state index in [9.17, 15) is 13.6 Å². The van der Waals surface area contributed by atoms with Crippen LogP contribution in [-0.4, -0.2) is 33.4 Å². The molecule has 3 heterocycles. The maximum atomic E-state index is 13.2. The topological polar surface area (TPSA) is 38.1 Å². The summed E-state index contributed by atoms with van der Waals surface area (Å²) in [7, 11) is 0. The van der Waals surface area contributed by atoms with Gasteiger partial charge in [0, 0.05) is 37.6 Å². The molecule has 23 heavy (non-hydrogen) atoms. The summed E-state index contributed by atoms with van der Waals surface area (Å²) in [5, 5.41) is 0.682. The third-order valence-electron chi connectivity index (χ3n) is 4.60. The van der Waals surface area contributed by atoms with E-state index in [1.807, 2.05) is 4.90 Å². The summed E-state index contributed by atoms with van der Waals surface area (Å²) in [6.45, 7) is 3.97. The van der Waals surface area contributed by atoms with Gasteiger partial charge in [-0.2, -0.15) is 0 Å². The first kappa shape index (κ1) is 15.9. The van der Waals surface area contributed by atoms with Crippen LogP contribution in [0.15, 0.2) is 24.4 Å². The Labute approximate surface area is 134 Å². The zero-order valence-corrected chi connectivity index (χ0v) is 13.2. The highest BCUT2D eigenvalue weighted by Crippen LogP contribution is 2.26. The third kappa shape index (κ3) is 3.35. The van der Waals surface area contributed by atoms with Crippen molar-refractivity contribution in [3.05, 3.63) is 30.1 Å². The number of aryl methyl sites for hydroxylation is 1. The summed E-state index contributed by atoms with van der Waals surface area (Å²) in [5.41, 5.74) is 0.446. The molecule has 4 nitrogen and oxygen atoms in total. The van der Waals surface area contributed by atoms with Gasteiger partial charge in [-0.1, -0.05) is 6.92 Å². The molecule has 2 aromatic rings. The highest BCUT2D eigenvalue weighted by molar-refractivity contribution is 5.79. The van der Waals surface area contributed by atoms with E-state index in [4.69, 9.17) is 0 Å². The Morgan fingerprint density at radius 1 is 1.39 bits per heavy atom. The summed E-state index contributed by atoms with van der Waals surface area (Å²) in [6.07, 6.45) is 1.27. The number of alkyl halides is 2. The lowest BCUT2D eigenvalue weighted by Gasteiger charge is -2.30. The second-order valence-corrected chi connectivity index (χ2v) is 6.25. The van der Waals surface area contributed by atoms with Gasteiger partial charge in [0.05, 0.1) is 5.69 Å². The molecule has 0 radical (unpaired) electrons. The van der Waals surface area contributed by atoms with Crippen LogP contribution >= 0.6 is 0 Å². The minimum Gasteiger partial charge on any atom is -0.343 e. The lowest BCUT2D eigenvalue weighted by atomic mass is 9.99. The molecule has 1 aliphatic heterocycles. The van der Waals surface area contributed by atoms with Crippen LogP contribution in [0.1, 0.15) is 38.3 Å². The molecular formula is C17H21F2N3O. The normalized spacial score (nSPS) is 16.4. The number of fused-ring (bicyclic) bond motifs is 1. The van der Waals surface area contributed by atoms with Crippen molar-refractivity contribution in [3.8, 4) is 0 Å². The summed E-state index contributed by atoms with van der Waals surface area (Å²) >= 11 is 0. The molecule has 1 fully saturated rings. The van der Waals surface area contributed by atoms with Gasteiger partial charge in [0.25, 0.3) is 6.43 Å². The molecule has 0 aromatic carbocycles. The number of aromatic nitrogens is 2. The van der Waals surface area contributed by atoms with Gasteiger partial charge in [0.15, 0.2) is 0 Å². The van der Waals surface area contributed by atoms with E-state index >= 15 is 0 Å². The minimum absolute atomic E-state index is 0.0369. The van der Waals surface area contributed by atoms with Crippen LogP contribution in [0.4, 0.5) is 8.78 Å². The largest absolute Gasteiger partial charge is 0.343 e. The van der Waals surface area contributed by atoms with Gasteiger partial charge in [-0.05, 0) is 37.0 Å². The van der Waals surface area contributed by atoms with Gasteiger partial charge in [-0.3, -0.25) is 4.79 Å². The van der Waals surface area contributed by atoms with Crippen molar-refractivity contribution in [3.63, 3.8) is 0 Å².